The molecule has 0 saturated carbocycles. The van der Waals surface area contributed by atoms with E-state index in [4.69, 9.17) is 9.52 Å². The van der Waals surface area contributed by atoms with E-state index in [1.165, 1.54) is 6.07 Å². The highest BCUT2D eigenvalue weighted by Crippen LogP contribution is 2.31. The zero-order valence-electron chi connectivity index (χ0n) is 10.6. The van der Waals surface area contributed by atoms with E-state index in [1.54, 1.807) is 19.1 Å². The van der Waals surface area contributed by atoms with Crippen molar-refractivity contribution < 1.29 is 19.2 Å². The van der Waals surface area contributed by atoms with Crippen LogP contribution in [0.25, 0.3) is 11.5 Å². The number of carboxylic acid groups (broad SMARTS) is 1. The summed E-state index contributed by atoms with van der Waals surface area (Å²) in [7, 11) is 0. The SMILES string of the molecule is Cc1cccc(-c2nnc(CCC(=O)O)o2)c1[N+](=O)[O-]. The third-order valence-corrected chi connectivity index (χ3v) is 2.67. The summed E-state index contributed by atoms with van der Waals surface area (Å²) in [6.07, 6.45) is -0.0561. The van der Waals surface area contributed by atoms with Crippen LogP contribution in [-0.2, 0) is 11.2 Å². The van der Waals surface area contributed by atoms with Crippen LogP contribution in [0.15, 0.2) is 22.6 Å². The summed E-state index contributed by atoms with van der Waals surface area (Å²) in [6, 6.07) is 4.78. The Hall–Kier alpha value is -2.77. The van der Waals surface area contributed by atoms with Gasteiger partial charge in [0.1, 0.15) is 5.56 Å². The molecule has 1 aromatic carbocycles. The Morgan fingerprint density at radius 3 is 2.85 bits per heavy atom. The Balaban J connectivity index is 2.35. The summed E-state index contributed by atoms with van der Waals surface area (Å²) in [6.45, 7) is 1.61. The molecule has 1 aromatic heterocycles. The van der Waals surface area contributed by atoms with Gasteiger partial charge in [-0.2, -0.15) is 0 Å². The summed E-state index contributed by atoms with van der Waals surface area (Å²) in [4.78, 5) is 21.0. The van der Waals surface area contributed by atoms with Crippen molar-refractivity contribution in [1.82, 2.24) is 10.2 Å². The van der Waals surface area contributed by atoms with Crippen molar-refractivity contribution in [2.75, 3.05) is 0 Å². The minimum atomic E-state index is -0.980. The number of nitro benzene ring substituents is 1. The van der Waals surface area contributed by atoms with Crippen LogP contribution in [-0.4, -0.2) is 26.2 Å². The fraction of sp³-hybridized carbons (Fsp3) is 0.250. The first-order valence-electron chi connectivity index (χ1n) is 5.77. The van der Waals surface area contributed by atoms with E-state index in [2.05, 4.69) is 10.2 Å². The molecule has 0 fully saturated rings. The summed E-state index contributed by atoms with van der Waals surface area (Å²) in [5, 5.41) is 27.1. The molecule has 1 heterocycles. The van der Waals surface area contributed by atoms with Crippen molar-refractivity contribution in [2.45, 2.75) is 19.8 Å². The molecule has 0 bridgehead atoms. The van der Waals surface area contributed by atoms with Crippen molar-refractivity contribution >= 4 is 11.7 Å². The van der Waals surface area contributed by atoms with Gasteiger partial charge in [0.15, 0.2) is 0 Å². The zero-order valence-corrected chi connectivity index (χ0v) is 10.6. The van der Waals surface area contributed by atoms with Gasteiger partial charge >= 0.3 is 5.97 Å². The Kier molecular flexibility index (Phi) is 3.74. The molecule has 104 valence electrons. The van der Waals surface area contributed by atoms with Crippen LogP contribution >= 0.6 is 0 Å². The average Bonchev–Trinajstić information content (AvgIpc) is 2.84. The molecule has 0 amide bonds. The maximum absolute atomic E-state index is 11.1. The summed E-state index contributed by atoms with van der Waals surface area (Å²) >= 11 is 0. The third kappa shape index (κ3) is 2.79. The smallest absolute Gasteiger partial charge is 0.303 e. The van der Waals surface area contributed by atoms with Crippen molar-refractivity contribution in [3.05, 3.63) is 39.8 Å². The molecule has 0 aliphatic carbocycles. The number of aromatic nitrogens is 2. The number of hydrogen-bond acceptors (Lipinski definition) is 6. The molecule has 8 heteroatoms. The molecule has 1 N–H and O–H groups in total. The standard InChI is InChI=1S/C12H11N3O5/c1-7-3-2-4-8(11(7)15(18)19)12-14-13-9(20-12)5-6-10(16)17/h2-4H,5-6H2,1H3,(H,16,17). The van der Waals surface area contributed by atoms with E-state index >= 15 is 0 Å². The molecular weight excluding hydrogens is 266 g/mol. The highest BCUT2D eigenvalue weighted by atomic mass is 16.6. The number of carbonyl (C=O) groups is 1. The largest absolute Gasteiger partial charge is 0.481 e. The molecule has 0 saturated heterocycles. The van der Waals surface area contributed by atoms with Gasteiger partial charge in [-0.15, -0.1) is 10.2 Å². The van der Waals surface area contributed by atoms with Crippen LogP contribution < -0.4 is 0 Å². The van der Waals surface area contributed by atoms with E-state index in [0.717, 1.165) is 0 Å². The maximum atomic E-state index is 11.1. The predicted octanol–water partition coefficient (Wildman–Crippen LogP) is 1.97. The number of para-hydroxylation sites is 1. The van der Waals surface area contributed by atoms with Crippen molar-refractivity contribution in [3.8, 4) is 11.5 Å². The molecule has 0 atom stereocenters. The lowest BCUT2D eigenvalue weighted by molar-refractivity contribution is -0.384. The first kappa shape index (κ1) is 13.7. The second-order valence-electron chi connectivity index (χ2n) is 4.12. The lowest BCUT2D eigenvalue weighted by Crippen LogP contribution is -1.97. The van der Waals surface area contributed by atoms with Crippen LogP contribution in [0.1, 0.15) is 17.9 Å². The topological polar surface area (TPSA) is 119 Å². The van der Waals surface area contributed by atoms with E-state index in [9.17, 15) is 14.9 Å². The number of rotatable bonds is 5. The van der Waals surface area contributed by atoms with Gasteiger partial charge in [0.2, 0.25) is 5.89 Å². The van der Waals surface area contributed by atoms with Gasteiger partial charge in [0.25, 0.3) is 11.6 Å². The first-order valence-corrected chi connectivity index (χ1v) is 5.77. The van der Waals surface area contributed by atoms with E-state index in [0.29, 0.717) is 5.56 Å². The minimum Gasteiger partial charge on any atom is -0.481 e. The highest BCUT2D eigenvalue weighted by Gasteiger charge is 2.22. The van der Waals surface area contributed by atoms with Gasteiger partial charge in [-0.3, -0.25) is 14.9 Å². The molecule has 20 heavy (non-hydrogen) atoms. The molecule has 2 aromatic rings. The second-order valence-corrected chi connectivity index (χ2v) is 4.12. The highest BCUT2D eigenvalue weighted by molar-refractivity contribution is 5.69. The molecule has 8 nitrogen and oxygen atoms in total. The van der Waals surface area contributed by atoms with Crippen LogP contribution in [0, 0.1) is 17.0 Å². The van der Waals surface area contributed by atoms with Gasteiger partial charge < -0.3 is 9.52 Å². The minimum absolute atomic E-state index is 0.0146. The number of hydrogen-bond donors (Lipinski definition) is 1. The average molecular weight is 277 g/mol. The summed E-state index contributed by atoms with van der Waals surface area (Å²) < 4.78 is 5.28. The van der Waals surface area contributed by atoms with Crippen LogP contribution in [0.5, 0.6) is 0 Å². The molecule has 0 radical (unpaired) electrons. The normalized spacial score (nSPS) is 10.4. The molecule has 2 rings (SSSR count). The Labute approximate surface area is 113 Å². The number of aliphatic carboxylic acids is 1. The number of nitrogens with zero attached hydrogens (tertiary/aromatic N) is 3. The fourth-order valence-electron chi connectivity index (χ4n) is 1.75. The van der Waals surface area contributed by atoms with Crippen LogP contribution in [0.4, 0.5) is 5.69 Å². The Bertz CT molecular complexity index is 665. The maximum Gasteiger partial charge on any atom is 0.303 e. The van der Waals surface area contributed by atoms with Crippen molar-refractivity contribution in [2.24, 2.45) is 0 Å². The number of benzene rings is 1. The molecule has 0 aliphatic rings. The molecule has 0 spiro atoms. The second kappa shape index (κ2) is 5.47. The van der Waals surface area contributed by atoms with Gasteiger partial charge in [-0.1, -0.05) is 12.1 Å². The lowest BCUT2D eigenvalue weighted by atomic mass is 10.1. The number of carboxylic acids is 1. The number of nitro groups is 1. The van der Waals surface area contributed by atoms with Gasteiger partial charge in [-0.05, 0) is 13.0 Å². The number of aryl methyl sites for hydroxylation is 2. The van der Waals surface area contributed by atoms with E-state index in [1.807, 2.05) is 0 Å². The van der Waals surface area contributed by atoms with Crippen LogP contribution in [0.2, 0.25) is 0 Å². The Morgan fingerprint density at radius 2 is 2.20 bits per heavy atom. The molecular formula is C12H11N3O5. The first-order chi connectivity index (χ1) is 9.49. The van der Waals surface area contributed by atoms with Crippen molar-refractivity contribution in [1.29, 1.82) is 0 Å². The monoisotopic (exact) mass is 277 g/mol. The quantitative estimate of drug-likeness (QED) is 0.655. The van der Waals surface area contributed by atoms with Gasteiger partial charge in [0.05, 0.1) is 11.3 Å². The van der Waals surface area contributed by atoms with Crippen molar-refractivity contribution in [3.63, 3.8) is 0 Å². The lowest BCUT2D eigenvalue weighted by Gasteiger charge is -2.00. The van der Waals surface area contributed by atoms with Gasteiger partial charge in [-0.25, -0.2) is 0 Å². The summed E-state index contributed by atoms with van der Waals surface area (Å²) in [5.41, 5.74) is 0.614. The zero-order chi connectivity index (χ0) is 14.7. The van der Waals surface area contributed by atoms with E-state index in [-0.39, 0.29) is 35.9 Å². The van der Waals surface area contributed by atoms with Crippen LogP contribution in [0.3, 0.4) is 0 Å². The van der Waals surface area contributed by atoms with Gasteiger partial charge in [0, 0.05) is 12.0 Å². The molecule has 0 aliphatic heterocycles. The summed E-state index contributed by atoms with van der Waals surface area (Å²) in [5.74, 6) is -0.828. The Morgan fingerprint density at radius 1 is 1.45 bits per heavy atom. The van der Waals surface area contributed by atoms with E-state index < -0.39 is 10.9 Å². The predicted molar refractivity (Wildman–Crippen MR) is 67.1 cm³/mol. The fourth-order valence-corrected chi connectivity index (χ4v) is 1.75. The third-order valence-electron chi connectivity index (χ3n) is 2.67. The molecule has 0 unspecified atom stereocenters.